The summed E-state index contributed by atoms with van der Waals surface area (Å²) < 4.78 is 5.42. The molecular formula is C12H13BrN2O2S. The van der Waals surface area contributed by atoms with Crippen LogP contribution in [0.25, 0.3) is 0 Å². The van der Waals surface area contributed by atoms with Crippen LogP contribution in [-0.4, -0.2) is 35.3 Å². The zero-order valence-electron chi connectivity index (χ0n) is 9.69. The van der Waals surface area contributed by atoms with Crippen LogP contribution in [0.4, 0.5) is 0 Å². The van der Waals surface area contributed by atoms with Crippen molar-refractivity contribution in [2.24, 2.45) is 4.99 Å². The highest BCUT2D eigenvalue weighted by Gasteiger charge is 2.12. The van der Waals surface area contributed by atoms with Gasteiger partial charge in [-0.1, -0.05) is 27.7 Å². The van der Waals surface area contributed by atoms with Gasteiger partial charge in [0.2, 0.25) is 0 Å². The number of amides is 1. The van der Waals surface area contributed by atoms with Crippen molar-refractivity contribution in [1.82, 2.24) is 5.32 Å². The van der Waals surface area contributed by atoms with E-state index in [4.69, 9.17) is 4.74 Å². The zero-order valence-corrected chi connectivity index (χ0v) is 12.1. The van der Waals surface area contributed by atoms with E-state index in [2.05, 4.69) is 26.2 Å². The lowest BCUT2D eigenvalue weighted by atomic mass is 10.2. The molecule has 0 unspecified atom stereocenters. The third-order valence-electron chi connectivity index (χ3n) is 2.27. The van der Waals surface area contributed by atoms with E-state index in [9.17, 15) is 4.79 Å². The van der Waals surface area contributed by atoms with E-state index in [0.29, 0.717) is 17.3 Å². The predicted molar refractivity (Wildman–Crippen MR) is 78.0 cm³/mol. The van der Waals surface area contributed by atoms with Crippen molar-refractivity contribution in [3.05, 3.63) is 29.8 Å². The first-order chi connectivity index (χ1) is 8.79. The Morgan fingerprint density at radius 3 is 2.83 bits per heavy atom. The molecule has 1 aliphatic heterocycles. The number of ether oxygens (including phenoxy) is 1. The molecule has 2 rings (SSSR count). The quantitative estimate of drug-likeness (QED) is 0.863. The van der Waals surface area contributed by atoms with E-state index in [1.54, 1.807) is 36.0 Å². The number of hydrogen-bond acceptors (Lipinski definition) is 4. The molecule has 4 nitrogen and oxygen atoms in total. The van der Waals surface area contributed by atoms with E-state index in [1.165, 1.54) is 0 Å². The Morgan fingerprint density at radius 2 is 2.22 bits per heavy atom. The Morgan fingerprint density at radius 1 is 1.44 bits per heavy atom. The molecule has 0 bridgehead atoms. The Bertz CT molecular complexity index is 448. The van der Waals surface area contributed by atoms with Gasteiger partial charge in [-0.2, -0.15) is 0 Å². The highest BCUT2D eigenvalue weighted by atomic mass is 79.9. The number of alkyl halides is 1. The minimum atomic E-state index is -0.129. The lowest BCUT2D eigenvalue weighted by Crippen LogP contribution is -2.27. The largest absolute Gasteiger partial charge is 0.493 e. The molecule has 0 aliphatic carbocycles. The molecule has 6 heteroatoms. The number of hydrogen-bond donors (Lipinski definition) is 1. The second-order valence-electron chi connectivity index (χ2n) is 3.55. The van der Waals surface area contributed by atoms with Crippen LogP contribution >= 0.6 is 27.7 Å². The molecule has 1 aromatic carbocycles. The first-order valence-electron chi connectivity index (χ1n) is 5.57. The maximum absolute atomic E-state index is 11.9. The number of aliphatic imine (C=N–C) groups is 1. The van der Waals surface area contributed by atoms with Gasteiger partial charge in [-0.3, -0.25) is 9.79 Å². The Kier molecular flexibility index (Phi) is 5.07. The van der Waals surface area contributed by atoms with Crippen LogP contribution < -0.4 is 10.1 Å². The second-order valence-corrected chi connectivity index (χ2v) is 5.43. The average Bonchev–Trinajstić information content (AvgIpc) is 2.89. The van der Waals surface area contributed by atoms with Crippen molar-refractivity contribution in [3.63, 3.8) is 0 Å². The molecule has 18 heavy (non-hydrogen) atoms. The topological polar surface area (TPSA) is 50.7 Å². The number of amidine groups is 1. The molecule has 0 spiro atoms. The minimum absolute atomic E-state index is 0.129. The van der Waals surface area contributed by atoms with Crippen molar-refractivity contribution in [2.45, 2.75) is 0 Å². The molecule has 0 atom stereocenters. The molecule has 1 aliphatic rings. The Balaban J connectivity index is 1.93. The number of thioether (sulfide) groups is 1. The van der Waals surface area contributed by atoms with Crippen LogP contribution in [0.1, 0.15) is 10.4 Å². The predicted octanol–water partition coefficient (Wildman–Crippen LogP) is 2.29. The molecule has 1 heterocycles. The monoisotopic (exact) mass is 328 g/mol. The average molecular weight is 329 g/mol. The summed E-state index contributed by atoms with van der Waals surface area (Å²) in [5.41, 5.74) is 0.608. The van der Waals surface area contributed by atoms with Gasteiger partial charge in [0, 0.05) is 16.6 Å². The molecule has 0 fully saturated rings. The van der Waals surface area contributed by atoms with E-state index >= 15 is 0 Å². The molecule has 1 N–H and O–H groups in total. The van der Waals surface area contributed by atoms with Gasteiger partial charge in [0.1, 0.15) is 5.75 Å². The minimum Gasteiger partial charge on any atom is -0.493 e. The maximum Gasteiger partial charge on any atom is 0.257 e. The molecule has 0 saturated carbocycles. The fraction of sp³-hybridized carbons (Fsp3) is 0.333. The van der Waals surface area contributed by atoms with Crippen LogP contribution in [0.2, 0.25) is 0 Å². The fourth-order valence-corrected chi connectivity index (χ4v) is 2.32. The van der Waals surface area contributed by atoms with Gasteiger partial charge in [0.25, 0.3) is 5.91 Å². The van der Waals surface area contributed by atoms with E-state index in [1.807, 2.05) is 0 Å². The molecule has 0 saturated heterocycles. The van der Waals surface area contributed by atoms with Crippen molar-refractivity contribution in [2.75, 3.05) is 24.2 Å². The highest BCUT2D eigenvalue weighted by molar-refractivity contribution is 9.09. The van der Waals surface area contributed by atoms with Gasteiger partial charge in [-0.25, -0.2) is 0 Å². The standard InChI is InChI=1S/C12H13BrN2O2S/c13-5-7-17-10-3-1-9(2-4-10)11(16)15-12-14-6-8-18-12/h1-4H,5-8H2,(H,14,15,16). The fourth-order valence-electron chi connectivity index (χ4n) is 1.44. The lowest BCUT2D eigenvalue weighted by molar-refractivity contribution is 0.0978. The van der Waals surface area contributed by atoms with E-state index in [0.717, 1.165) is 23.4 Å². The first-order valence-corrected chi connectivity index (χ1v) is 7.68. The molecular weight excluding hydrogens is 316 g/mol. The summed E-state index contributed by atoms with van der Waals surface area (Å²) in [4.78, 5) is 16.0. The second kappa shape index (κ2) is 6.80. The smallest absolute Gasteiger partial charge is 0.257 e. The van der Waals surface area contributed by atoms with Gasteiger partial charge >= 0.3 is 0 Å². The number of nitrogens with zero attached hydrogens (tertiary/aromatic N) is 1. The summed E-state index contributed by atoms with van der Waals surface area (Å²) in [7, 11) is 0. The van der Waals surface area contributed by atoms with Crippen molar-refractivity contribution < 1.29 is 9.53 Å². The Labute approximate surface area is 118 Å². The molecule has 0 radical (unpaired) electrons. The van der Waals surface area contributed by atoms with E-state index < -0.39 is 0 Å². The third-order valence-corrected chi connectivity index (χ3v) is 3.48. The van der Waals surface area contributed by atoms with Crippen molar-refractivity contribution in [1.29, 1.82) is 0 Å². The lowest BCUT2D eigenvalue weighted by Gasteiger charge is -2.06. The summed E-state index contributed by atoms with van der Waals surface area (Å²) in [6, 6.07) is 7.08. The normalized spacial score (nSPS) is 14.2. The van der Waals surface area contributed by atoms with Gasteiger partial charge in [-0.05, 0) is 24.3 Å². The van der Waals surface area contributed by atoms with E-state index in [-0.39, 0.29) is 5.91 Å². The zero-order chi connectivity index (χ0) is 12.8. The number of carbonyl (C=O) groups is 1. The van der Waals surface area contributed by atoms with Crippen molar-refractivity contribution >= 4 is 38.8 Å². The van der Waals surface area contributed by atoms with Crippen LogP contribution in [0.5, 0.6) is 5.75 Å². The van der Waals surface area contributed by atoms with Gasteiger partial charge in [0.05, 0.1) is 13.2 Å². The van der Waals surface area contributed by atoms with Crippen LogP contribution in [0, 0.1) is 0 Å². The van der Waals surface area contributed by atoms with Gasteiger partial charge in [0.15, 0.2) is 5.17 Å². The number of benzene rings is 1. The van der Waals surface area contributed by atoms with Gasteiger partial charge in [-0.15, -0.1) is 0 Å². The Hall–Kier alpha value is -1.01. The highest BCUT2D eigenvalue weighted by Crippen LogP contribution is 2.14. The number of carbonyl (C=O) groups excluding carboxylic acids is 1. The maximum atomic E-state index is 11.9. The molecule has 1 aromatic rings. The molecule has 0 aromatic heterocycles. The summed E-state index contributed by atoms with van der Waals surface area (Å²) in [5.74, 6) is 1.57. The summed E-state index contributed by atoms with van der Waals surface area (Å²) in [6.45, 7) is 1.39. The van der Waals surface area contributed by atoms with Crippen LogP contribution in [0.3, 0.4) is 0 Å². The van der Waals surface area contributed by atoms with Crippen molar-refractivity contribution in [3.8, 4) is 5.75 Å². The van der Waals surface area contributed by atoms with Crippen LogP contribution in [-0.2, 0) is 0 Å². The van der Waals surface area contributed by atoms with Crippen LogP contribution in [0.15, 0.2) is 29.3 Å². The summed E-state index contributed by atoms with van der Waals surface area (Å²) in [5, 5.41) is 4.28. The molecule has 1 amide bonds. The van der Waals surface area contributed by atoms with Gasteiger partial charge < -0.3 is 10.1 Å². The number of nitrogens with one attached hydrogen (secondary N) is 1. The number of halogens is 1. The third kappa shape index (κ3) is 3.74. The summed E-state index contributed by atoms with van der Waals surface area (Å²) in [6.07, 6.45) is 0. The summed E-state index contributed by atoms with van der Waals surface area (Å²) >= 11 is 4.86. The SMILES string of the molecule is O=C(NC1=NCCS1)c1ccc(OCCBr)cc1. The molecule has 96 valence electrons. The number of rotatable bonds is 4. The first kappa shape index (κ1) is 13.4.